The number of hydrogen-bond acceptors (Lipinski definition) is 0. The van der Waals surface area contributed by atoms with Crippen LogP contribution in [0.25, 0.3) is 43.8 Å². The molecule has 0 atom stereocenters. The summed E-state index contributed by atoms with van der Waals surface area (Å²) in [6, 6.07) is 33.2. The van der Waals surface area contributed by atoms with Crippen LogP contribution >= 0.6 is 17.0 Å². The van der Waals surface area contributed by atoms with E-state index >= 15 is 0 Å². The summed E-state index contributed by atoms with van der Waals surface area (Å²) < 4.78 is 0. The van der Waals surface area contributed by atoms with Crippen molar-refractivity contribution >= 4 is 48.1 Å². The number of benzene rings is 4. The van der Waals surface area contributed by atoms with E-state index < -0.39 is 20.8 Å². The summed E-state index contributed by atoms with van der Waals surface area (Å²) >= 11 is -0.826. The molecule has 0 aliphatic carbocycles. The molecule has 6 aromatic carbocycles. The topological polar surface area (TPSA) is 0 Å². The molecule has 0 amide bonds. The van der Waals surface area contributed by atoms with Crippen molar-refractivity contribution in [2.75, 3.05) is 0 Å². The Balaban J connectivity index is 0.000000283. The van der Waals surface area contributed by atoms with Crippen LogP contribution in [0.5, 0.6) is 0 Å². The quantitative estimate of drug-likeness (QED) is 0.115. The van der Waals surface area contributed by atoms with Gasteiger partial charge in [-0.1, -0.05) is 195 Å². The van der Waals surface area contributed by atoms with Gasteiger partial charge in [0.15, 0.2) is 0 Å². The summed E-state index contributed by atoms with van der Waals surface area (Å²) in [6.45, 7) is 41.1. The molecule has 60 heavy (non-hydrogen) atoms. The van der Waals surface area contributed by atoms with E-state index in [-0.39, 0.29) is 21.7 Å². The van der Waals surface area contributed by atoms with Gasteiger partial charge in [0.05, 0.1) is 0 Å². The number of aryl methyl sites for hydroxylation is 4. The Morgan fingerprint density at radius 2 is 0.750 bits per heavy atom. The minimum atomic E-state index is -0.826. The third kappa shape index (κ3) is 13.9. The second-order valence-electron chi connectivity index (χ2n) is 20.9. The number of hydrogen-bond donors (Lipinski definition) is 0. The fourth-order valence-electron chi connectivity index (χ4n) is 7.87. The van der Waals surface area contributed by atoms with E-state index in [9.17, 15) is 0 Å². The first-order valence-corrected chi connectivity index (χ1v) is 30.4. The van der Waals surface area contributed by atoms with E-state index in [0.29, 0.717) is 0 Å². The van der Waals surface area contributed by atoms with Gasteiger partial charge in [-0.2, -0.15) is 12.1 Å². The van der Waals surface area contributed by atoms with Crippen LogP contribution in [0.3, 0.4) is 0 Å². The molecule has 0 aliphatic rings. The molecule has 0 spiro atoms. The Bertz CT molecular complexity index is 2060. The molecule has 6 aromatic rings. The van der Waals surface area contributed by atoms with Gasteiger partial charge in [0, 0.05) is 9.52 Å². The number of halogens is 2. The standard InChI is InChI=1S/2C27H35.C2H6Si.2ClH.Zr/c2*1-9-10-19-11-12-20-13-18(2)14-24(20)25(19)21-15-22(26(3,4)5)17-23(16-21)27(6,7)8;1-3-2;;;/h2*11-17H,9-10H2,1-8H3;1-2H3;2*1H;/q2*-1;;;;+4/p-2. The average Bonchev–Trinajstić information content (AvgIpc) is 3.71. The van der Waals surface area contributed by atoms with Crippen molar-refractivity contribution < 1.29 is 20.8 Å². The first-order chi connectivity index (χ1) is 27.8. The second-order valence-corrected chi connectivity index (χ2v) is 25.7. The predicted octanol–water partition coefficient (Wildman–Crippen LogP) is 18.3. The summed E-state index contributed by atoms with van der Waals surface area (Å²) in [5, 5.41) is 5.54. The predicted molar refractivity (Wildman–Crippen MR) is 271 cm³/mol. The maximum atomic E-state index is 4.93. The van der Waals surface area contributed by atoms with Crippen LogP contribution in [-0.2, 0) is 55.3 Å². The molecular formula is C56H76Cl2SiZr. The SMILES string of the molecule is CCCc1ccc2[cH-]c(C)cc2c1-c1cc(C(C)(C)C)cc(C(C)(C)C)c1.CCCc1ccc2[cH-]c(C)cc2c1-c1cc(C(C)(C)C)cc(C(C)(C)C)c1.C[Si]C.[Cl][Zr+2][Cl]. The summed E-state index contributed by atoms with van der Waals surface area (Å²) in [5.74, 6) is 0. The van der Waals surface area contributed by atoms with Crippen molar-refractivity contribution in [2.24, 2.45) is 0 Å². The van der Waals surface area contributed by atoms with E-state index in [1.165, 1.54) is 101 Å². The van der Waals surface area contributed by atoms with E-state index in [1.807, 2.05) is 0 Å². The molecule has 0 saturated heterocycles. The van der Waals surface area contributed by atoms with Crippen LogP contribution in [0.1, 0.15) is 154 Å². The Labute approximate surface area is 388 Å². The Morgan fingerprint density at radius 1 is 0.483 bits per heavy atom. The van der Waals surface area contributed by atoms with Crippen molar-refractivity contribution in [1.29, 1.82) is 0 Å². The van der Waals surface area contributed by atoms with Gasteiger partial charge in [0.25, 0.3) is 0 Å². The van der Waals surface area contributed by atoms with Crippen molar-refractivity contribution in [3.63, 3.8) is 0 Å². The maximum absolute atomic E-state index is 4.93. The molecule has 0 bridgehead atoms. The zero-order valence-corrected chi connectivity index (χ0v) is 45.6. The van der Waals surface area contributed by atoms with Crippen LogP contribution in [0.2, 0.25) is 13.1 Å². The molecule has 0 aromatic heterocycles. The first-order valence-electron chi connectivity index (χ1n) is 22.1. The third-order valence-electron chi connectivity index (χ3n) is 11.2. The minimum absolute atomic E-state index is 0.136. The van der Waals surface area contributed by atoms with Crippen LogP contribution in [-0.4, -0.2) is 9.52 Å². The molecule has 0 N–H and O–H groups in total. The molecule has 0 fully saturated rings. The third-order valence-corrected chi connectivity index (χ3v) is 11.2. The van der Waals surface area contributed by atoms with Gasteiger partial charge in [-0.3, -0.25) is 0 Å². The van der Waals surface area contributed by atoms with Gasteiger partial charge in [0.2, 0.25) is 0 Å². The Hall–Kier alpha value is -2.22. The molecule has 0 heterocycles. The van der Waals surface area contributed by atoms with Gasteiger partial charge in [-0.15, -0.1) is 69.1 Å². The molecule has 322 valence electrons. The van der Waals surface area contributed by atoms with Crippen LogP contribution < -0.4 is 0 Å². The summed E-state index contributed by atoms with van der Waals surface area (Å²) in [5.41, 5.74) is 17.5. The molecular weight excluding hydrogens is 863 g/mol. The first kappa shape index (κ1) is 52.1. The molecule has 0 nitrogen and oxygen atoms in total. The van der Waals surface area contributed by atoms with Crippen molar-refractivity contribution in [2.45, 2.75) is 171 Å². The number of fused-ring (bicyclic) bond motifs is 2. The van der Waals surface area contributed by atoms with Gasteiger partial charge in [-0.25, -0.2) is 0 Å². The van der Waals surface area contributed by atoms with Crippen LogP contribution in [0.15, 0.2) is 84.9 Å². The van der Waals surface area contributed by atoms with E-state index in [2.05, 4.69) is 209 Å². The van der Waals surface area contributed by atoms with Gasteiger partial charge in [0.1, 0.15) is 0 Å². The Morgan fingerprint density at radius 3 is 0.983 bits per heavy atom. The van der Waals surface area contributed by atoms with Crippen molar-refractivity contribution in [1.82, 2.24) is 0 Å². The molecule has 2 radical (unpaired) electrons. The molecule has 4 heteroatoms. The van der Waals surface area contributed by atoms with Crippen molar-refractivity contribution in [3.05, 3.63) is 129 Å². The van der Waals surface area contributed by atoms with Gasteiger partial charge < -0.3 is 0 Å². The van der Waals surface area contributed by atoms with E-state index in [4.69, 9.17) is 17.0 Å². The van der Waals surface area contributed by atoms with Crippen LogP contribution in [0, 0.1) is 13.8 Å². The zero-order chi connectivity index (χ0) is 45.4. The molecule has 0 saturated carbocycles. The normalized spacial score (nSPS) is 11.9. The second kappa shape index (κ2) is 21.9. The van der Waals surface area contributed by atoms with Crippen LogP contribution in [0.4, 0.5) is 0 Å². The van der Waals surface area contributed by atoms with E-state index in [1.54, 1.807) is 0 Å². The van der Waals surface area contributed by atoms with E-state index in [0.717, 1.165) is 22.4 Å². The summed E-state index contributed by atoms with van der Waals surface area (Å²) in [6.07, 6.45) is 4.59. The monoisotopic (exact) mass is 936 g/mol. The average molecular weight is 939 g/mol. The Kier molecular flexibility index (Phi) is 19.0. The molecule has 0 unspecified atom stereocenters. The van der Waals surface area contributed by atoms with Gasteiger partial charge >= 0.3 is 37.9 Å². The zero-order valence-electron chi connectivity index (χ0n) is 40.7. The number of rotatable bonds is 6. The summed E-state index contributed by atoms with van der Waals surface area (Å²) in [7, 11) is 11.0. The molecule has 6 rings (SSSR count). The fourth-order valence-corrected chi connectivity index (χ4v) is 7.87. The summed E-state index contributed by atoms with van der Waals surface area (Å²) in [4.78, 5) is 0. The fraction of sp³-hybridized carbons (Fsp3) is 0.464. The molecule has 0 aliphatic heterocycles. The van der Waals surface area contributed by atoms with Crippen molar-refractivity contribution in [3.8, 4) is 22.3 Å². The van der Waals surface area contributed by atoms with Gasteiger partial charge in [-0.05, 0) is 67.9 Å².